The summed E-state index contributed by atoms with van der Waals surface area (Å²) in [6.07, 6.45) is 0.913. The van der Waals surface area contributed by atoms with Crippen molar-refractivity contribution in [3.8, 4) is 5.88 Å². The van der Waals surface area contributed by atoms with E-state index in [-0.39, 0.29) is 0 Å². The molecule has 2 rings (SSSR count). The summed E-state index contributed by atoms with van der Waals surface area (Å²) in [6, 6.07) is 5.68. The first-order chi connectivity index (χ1) is 8.31. The summed E-state index contributed by atoms with van der Waals surface area (Å²) in [5, 5.41) is 13.1. The normalized spacial score (nSPS) is 10.2. The fourth-order valence-corrected chi connectivity index (χ4v) is 1.98. The number of ether oxygens (including phenoxy) is 1. The monoisotopic (exact) mass is 250 g/mol. The summed E-state index contributed by atoms with van der Waals surface area (Å²) >= 11 is 1.57. The van der Waals surface area contributed by atoms with Crippen molar-refractivity contribution in [3.63, 3.8) is 0 Å². The second-order valence-corrected chi connectivity index (χ2v) is 4.44. The highest BCUT2D eigenvalue weighted by Gasteiger charge is 2.02. The van der Waals surface area contributed by atoms with Crippen molar-refractivity contribution in [2.45, 2.75) is 19.9 Å². The SMILES string of the molecule is CCc1nnc(NCc2cccc(OC)n2)s1. The van der Waals surface area contributed by atoms with Gasteiger partial charge < -0.3 is 10.1 Å². The fourth-order valence-electron chi connectivity index (χ4n) is 1.30. The van der Waals surface area contributed by atoms with Crippen LogP contribution in [0.1, 0.15) is 17.6 Å². The van der Waals surface area contributed by atoms with E-state index in [0.29, 0.717) is 12.4 Å². The van der Waals surface area contributed by atoms with Gasteiger partial charge in [0.15, 0.2) is 0 Å². The first kappa shape index (κ1) is 11.8. The average Bonchev–Trinajstić information content (AvgIpc) is 2.84. The largest absolute Gasteiger partial charge is 0.481 e. The zero-order valence-electron chi connectivity index (χ0n) is 9.80. The van der Waals surface area contributed by atoms with Crippen molar-refractivity contribution in [3.05, 3.63) is 28.9 Å². The van der Waals surface area contributed by atoms with E-state index in [1.807, 2.05) is 18.2 Å². The van der Waals surface area contributed by atoms with Crippen LogP contribution in [0.2, 0.25) is 0 Å². The zero-order chi connectivity index (χ0) is 12.1. The van der Waals surface area contributed by atoms with E-state index in [4.69, 9.17) is 4.74 Å². The molecule has 6 heteroatoms. The maximum Gasteiger partial charge on any atom is 0.213 e. The highest BCUT2D eigenvalue weighted by Crippen LogP contribution is 2.16. The lowest BCUT2D eigenvalue weighted by atomic mass is 10.3. The van der Waals surface area contributed by atoms with Gasteiger partial charge in [-0.05, 0) is 12.5 Å². The number of aryl methyl sites for hydroxylation is 1. The van der Waals surface area contributed by atoms with Crippen LogP contribution in [0, 0.1) is 0 Å². The number of nitrogens with one attached hydrogen (secondary N) is 1. The van der Waals surface area contributed by atoms with E-state index in [1.165, 1.54) is 0 Å². The van der Waals surface area contributed by atoms with Crippen LogP contribution in [0.3, 0.4) is 0 Å². The van der Waals surface area contributed by atoms with Crippen LogP contribution in [0.15, 0.2) is 18.2 Å². The van der Waals surface area contributed by atoms with E-state index < -0.39 is 0 Å². The summed E-state index contributed by atoms with van der Waals surface area (Å²) in [4.78, 5) is 4.30. The predicted molar refractivity (Wildman–Crippen MR) is 67.4 cm³/mol. The second-order valence-electron chi connectivity index (χ2n) is 3.38. The number of rotatable bonds is 5. The Hall–Kier alpha value is -1.69. The number of hydrogen-bond acceptors (Lipinski definition) is 6. The van der Waals surface area contributed by atoms with E-state index in [0.717, 1.165) is 22.3 Å². The molecule has 0 amide bonds. The van der Waals surface area contributed by atoms with E-state index in [9.17, 15) is 0 Å². The van der Waals surface area contributed by atoms with Gasteiger partial charge in [-0.15, -0.1) is 10.2 Å². The van der Waals surface area contributed by atoms with Crippen LogP contribution in [-0.2, 0) is 13.0 Å². The van der Waals surface area contributed by atoms with Crippen molar-refractivity contribution in [1.29, 1.82) is 0 Å². The van der Waals surface area contributed by atoms with Gasteiger partial charge in [-0.25, -0.2) is 4.98 Å². The summed E-state index contributed by atoms with van der Waals surface area (Å²) in [7, 11) is 1.61. The molecule has 5 nitrogen and oxygen atoms in total. The quantitative estimate of drug-likeness (QED) is 0.880. The van der Waals surface area contributed by atoms with Crippen molar-refractivity contribution < 1.29 is 4.74 Å². The van der Waals surface area contributed by atoms with Crippen LogP contribution < -0.4 is 10.1 Å². The molecule has 0 saturated carbocycles. The van der Waals surface area contributed by atoms with E-state index >= 15 is 0 Å². The van der Waals surface area contributed by atoms with Crippen LogP contribution >= 0.6 is 11.3 Å². The van der Waals surface area contributed by atoms with Crippen molar-refractivity contribution in [1.82, 2.24) is 15.2 Å². The molecule has 0 saturated heterocycles. The highest BCUT2D eigenvalue weighted by atomic mass is 32.1. The predicted octanol–water partition coefficient (Wildman–Crippen LogP) is 2.12. The van der Waals surface area contributed by atoms with Gasteiger partial charge in [0.1, 0.15) is 5.01 Å². The lowest BCUT2D eigenvalue weighted by molar-refractivity contribution is 0.396. The van der Waals surface area contributed by atoms with Gasteiger partial charge in [-0.3, -0.25) is 0 Å². The average molecular weight is 250 g/mol. The fraction of sp³-hybridized carbons (Fsp3) is 0.364. The Balaban J connectivity index is 1.96. The summed E-state index contributed by atoms with van der Waals surface area (Å²) in [6.45, 7) is 2.68. The Morgan fingerprint density at radius 1 is 1.35 bits per heavy atom. The molecule has 1 N–H and O–H groups in total. The summed E-state index contributed by atoms with van der Waals surface area (Å²) in [5.74, 6) is 0.621. The number of nitrogens with zero attached hydrogens (tertiary/aromatic N) is 3. The van der Waals surface area contributed by atoms with Gasteiger partial charge in [-0.2, -0.15) is 0 Å². The van der Waals surface area contributed by atoms with Crippen molar-refractivity contribution in [2.75, 3.05) is 12.4 Å². The minimum Gasteiger partial charge on any atom is -0.481 e. The molecule has 17 heavy (non-hydrogen) atoms. The maximum atomic E-state index is 5.06. The van der Waals surface area contributed by atoms with E-state index in [1.54, 1.807) is 18.4 Å². The molecular formula is C11H14N4OS. The molecule has 0 aliphatic carbocycles. The molecule has 0 aliphatic heterocycles. The van der Waals surface area contributed by atoms with Crippen molar-refractivity contribution in [2.24, 2.45) is 0 Å². The molecule has 2 aromatic heterocycles. The lowest BCUT2D eigenvalue weighted by Crippen LogP contribution is -2.02. The molecule has 0 bridgehead atoms. The lowest BCUT2D eigenvalue weighted by Gasteiger charge is -2.03. The molecule has 0 atom stereocenters. The molecule has 0 aliphatic rings. The molecule has 90 valence electrons. The van der Waals surface area contributed by atoms with Crippen LogP contribution in [0.5, 0.6) is 5.88 Å². The van der Waals surface area contributed by atoms with Gasteiger partial charge >= 0.3 is 0 Å². The van der Waals surface area contributed by atoms with Crippen LogP contribution in [0.25, 0.3) is 0 Å². The first-order valence-electron chi connectivity index (χ1n) is 5.38. The molecule has 2 heterocycles. The van der Waals surface area contributed by atoms with Gasteiger partial charge in [0.2, 0.25) is 11.0 Å². The molecule has 0 aromatic carbocycles. The third-order valence-corrected chi connectivity index (χ3v) is 3.21. The third kappa shape index (κ3) is 3.13. The Bertz CT molecular complexity index is 486. The van der Waals surface area contributed by atoms with Gasteiger partial charge in [-0.1, -0.05) is 24.3 Å². The molecule has 2 aromatic rings. The molecule has 0 unspecified atom stereocenters. The van der Waals surface area contributed by atoms with Gasteiger partial charge in [0.25, 0.3) is 0 Å². The molecule has 0 fully saturated rings. The Labute approximate surface area is 104 Å². The number of hydrogen-bond donors (Lipinski definition) is 1. The van der Waals surface area contributed by atoms with Crippen LogP contribution in [-0.4, -0.2) is 22.3 Å². The summed E-state index contributed by atoms with van der Waals surface area (Å²) in [5.41, 5.74) is 0.914. The Morgan fingerprint density at radius 2 is 2.24 bits per heavy atom. The second kappa shape index (κ2) is 5.58. The maximum absolute atomic E-state index is 5.06. The van der Waals surface area contributed by atoms with Crippen LogP contribution in [0.4, 0.5) is 5.13 Å². The number of aromatic nitrogens is 3. The third-order valence-electron chi connectivity index (χ3n) is 2.18. The highest BCUT2D eigenvalue weighted by molar-refractivity contribution is 7.15. The Morgan fingerprint density at radius 3 is 2.94 bits per heavy atom. The minimum atomic E-state index is 0.621. The van der Waals surface area contributed by atoms with E-state index in [2.05, 4.69) is 27.4 Å². The summed E-state index contributed by atoms with van der Waals surface area (Å²) < 4.78 is 5.06. The number of anilines is 1. The smallest absolute Gasteiger partial charge is 0.213 e. The molecular weight excluding hydrogens is 236 g/mol. The Kier molecular flexibility index (Phi) is 3.87. The van der Waals surface area contributed by atoms with Crippen molar-refractivity contribution >= 4 is 16.5 Å². The zero-order valence-corrected chi connectivity index (χ0v) is 10.6. The topological polar surface area (TPSA) is 59.9 Å². The standard InChI is InChI=1S/C11H14N4OS/c1-3-10-14-15-11(17-10)12-7-8-5-4-6-9(13-8)16-2/h4-6H,3,7H2,1-2H3,(H,12,15). The molecule has 0 radical (unpaired) electrons. The molecule has 0 spiro atoms. The number of methoxy groups -OCH3 is 1. The minimum absolute atomic E-state index is 0.621. The number of pyridine rings is 1. The first-order valence-corrected chi connectivity index (χ1v) is 6.19. The van der Waals surface area contributed by atoms with Gasteiger partial charge in [0, 0.05) is 6.07 Å². The van der Waals surface area contributed by atoms with Gasteiger partial charge in [0.05, 0.1) is 19.3 Å².